The lowest BCUT2D eigenvalue weighted by molar-refractivity contribution is 0.741. The van der Waals surface area contributed by atoms with Crippen molar-refractivity contribution in [3.8, 4) is 6.07 Å². The van der Waals surface area contributed by atoms with Crippen LogP contribution in [0.1, 0.15) is 30.9 Å². The lowest BCUT2D eigenvalue weighted by atomic mass is 9.97. The van der Waals surface area contributed by atoms with E-state index in [9.17, 15) is 0 Å². The van der Waals surface area contributed by atoms with E-state index in [-0.39, 0.29) is 0 Å². The molecule has 0 atom stereocenters. The second kappa shape index (κ2) is 5.41. The predicted octanol–water partition coefficient (Wildman–Crippen LogP) is 2.42. The molecule has 0 saturated carbocycles. The van der Waals surface area contributed by atoms with Gasteiger partial charge in [-0.25, -0.2) is 0 Å². The molecule has 0 aliphatic rings. The first-order chi connectivity index (χ1) is 6.75. The zero-order chi connectivity index (χ0) is 10.4. The molecular weight excluding hydrogens is 172 g/mol. The van der Waals surface area contributed by atoms with Crippen molar-refractivity contribution in [3.63, 3.8) is 0 Å². The van der Waals surface area contributed by atoms with E-state index in [1.54, 1.807) is 0 Å². The zero-order valence-electron chi connectivity index (χ0n) is 8.75. The molecule has 0 fully saturated rings. The van der Waals surface area contributed by atoms with Crippen LogP contribution < -0.4 is 5.32 Å². The van der Waals surface area contributed by atoms with Crippen molar-refractivity contribution in [2.24, 2.45) is 0 Å². The van der Waals surface area contributed by atoms with Crippen LogP contribution in [0.25, 0.3) is 0 Å². The molecule has 0 unspecified atom stereocenters. The van der Waals surface area contributed by atoms with E-state index in [0.29, 0.717) is 12.5 Å². The van der Waals surface area contributed by atoms with Crippen LogP contribution in [0.15, 0.2) is 24.3 Å². The molecule has 1 aromatic carbocycles. The number of nitrogens with zero attached hydrogens (tertiary/aromatic N) is 1. The van der Waals surface area contributed by atoms with Crippen molar-refractivity contribution in [1.29, 1.82) is 5.26 Å². The van der Waals surface area contributed by atoms with Gasteiger partial charge in [-0.2, -0.15) is 5.26 Å². The fraction of sp³-hybridized carbons (Fsp3) is 0.417. The SMILES string of the molecule is CC(C)c1ccccc1CNCC#N. The van der Waals surface area contributed by atoms with Gasteiger partial charge in [-0.15, -0.1) is 0 Å². The Hall–Kier alpha value is -1.33. The zero-order valence-corrected chi connectivity index (χ0v) is 8.75. The van der Waals surface area contributed by atoms with Crippen LogP contribution >= 0.6 is 0 Å². The lowest BCUT2D eigenvalue weighted by Crippen LogP contribution is -2.14. The molecule has 0 amide bonds. The van der Waals surface area contributed by atoms with E-state index >= 15 is 0 Å². The van der Waals surface area contributed by atoms with Crippen molar-refractivity contribution in [3.05, 3.63) is 35.4 Å². The van der Waals surface area contributed by atoms with Gasteiger partial charge in [0.25, 0.3) is 0 Å². The largest absolute Gasteiger partial charge is 0.300 e. The van der Waals surface area contributed by atoms with E-state index in [0.717, 1.165) is 6.54 Å². The molecular formula is C12H16N2. The number of nitrogens with one attached hydrogen (secondary N) is 1. The van der Waals surface area contributed by atoms with E-state index in [1.165, 1.54) is 11.1 Å². The maximum atomic E-state index is 8.41. The Bertz CT molecular complexity index is 323. The Morgan fingerprint density at radius 1 is 1.36 bits per heavy atom. The molecule has 2 heteroatoms. The average molecular weight is 188 g/mol. The summed E-state index contributed by atoms with van der Waals surface area (Å²) in [6, 6.07) is 10.4. The number of hydrogen-bond donors (Lipinski definition) is 1. The minimum absolute atomic E-state index is 0.409. The maximum absolute atomic E-state index is 8.41. The van der Waals surface area contributed by atoms with E-state index in [1.807, 2.05) is 6.07 Å². The third-order valence-electron chi connectivity index (χ3n) is 2.20. The Morgan fingerprint density at radius 2 is 2.07 bits per heavy atom. The summed E-state index contributed by atoms with van der Waals surface area (Å²) in [5, 5.41) is 11.5. The van der Waals surface area contributed by atoms with Crippen molar-refractivity contribution in [2.45, 2.75) is 26.3 Å². The molecule has 0 aliphatic carbocycles. The van der Waals surface area contributed by atoms with Crippen molar-refractivity contribution in [1.82, 2.24) is 5.32 Å². The van der Waals surface area contributed by atoms with E-state index in [2.05, 4.69) is 43.4 Å². The van der Waals surface area contributed by atoms with Crippen molar-refractivity contribution >= 4 is 0 Å². The third kappa shape index (κ3) is 2.86. The van der Waals surface area contributed by atoms with Gasteiger partial charge in [0.15, 0.2) is 0 Å². The molecule has 74 valence electrons. The fourth-order valence-electron chi connectivity index (χ4n) is 1.51. The van der Waals surface area contributed by atoms with Crippen molar-refractivity contribution in [2.75, 3.05) is 6.54 Å². The first-order valence-corrected chi connectivity index (χ1v) is 4.91. The number of rotatable bonds is 4. The molecule has 2 nitrogen and oxygen atoms in total. The summed E-state index contributed by atoms with van der Waals surface area (Å²) in [5.74, 6) is 0.537. The highest BCUT2D eigenvalue weighted by molar-refractivity contribution is 5.29. The van der Waals surface area contributed by atoms with Crippen LogP contribution in [0.4, 0.5) is 0 Å². The van der Waals surface area contributed by atoms with Gasteiger partial charge in [0.05, 0.1) is 12.6 Å². The Labute approximate surface area is 85.6 Å². The molecule has 0 heterocycles. The van der Waals surface area contributed by atoms with Gasteiger partial charge in [0, 0.05) is 6.54 Å². The Morgan fingerprint density at radius 3 is 2.71 bits per heavy atom. The highest BCUT2D eigenvalue weighted by Gasteiger charge is 2.04. The third-order valence-corrected chi connectivity index (χ3v) is 2.20. The van der Waals surface area contributed by atoms with Crippen LogP contribution in [-0.4, -0.2) is 6.54 Å². The second-order valence-corrected chi connectivity index (χ2v) is 3.62. The summed E-state index contributed by atoms with van der Waals surface area (Å²) in [5.41, 5.74) is 2.65. The normalized spacial score (nSPS) is 10.1. The summed E-state index contributed by atoms with van der Waals surface area (Å²) in [6.07, 6.45) is 0. The van der Waals surface area contributed by atoms with E-state index < -0.39 is 0 Å². The first-order valence-electron chi connectivity index (χ1n) is 4.91. The van der Waals surface area contributed by atoms with Crippen molar-refractivity contribution < 1.29 is 0 Å². The molecule has 1 aromatic rings. The molecule has 0 spiro atoms. The Kier molecular flexibility index (Phi) is 4.15. The number of hydrogen-bond acceptors (Lipinski definition) is 2. The van der Waals surface area contributed by atoms with Gasteiger partial charge in [0.1, 0.15) is 0 Å². The maximum Gasteiger partial charge on any atom is 0.0843 e. The van der Waals surface area contributed by atoms with Gasteiger partial charge < -0.3 is 5.32 Å². The highest BCUT2D eigenvalue weighted by atomic mass is 14.8. The monoisotopic (exact) mass is 188 g/mol. The molecule has 0 aromatic heterocycles. The summed E-state index contributed by atoms with van der Waals surface area (Å²) in [7, 11) is 0. The summed E-state index contributed by atoms with van der Waals surface area (Å²) >= 11 is 0. The lowest BCUT2D eigenvalue weighted by Gasteiger charge is -2.12. The minimum atomic E-state index is 0.409. The average Bonchev–Trinajstić information content (AvgIpc) is 2.19. The molecule has 0 aliphatic heterocycles. The topological polar surface area (TPSA) is 35.8 Å². The van der Waals surface area contributed by atoms with Gasteiger partial charge in [0.2, 0.25) is 0 Å². The smallest absolute Gasteiger partial charge is 0.0843 e. The summed E-state index contributed by atoms with van der Waals surface area (Å²) < 4.78 is 0. The number of benzene rings is 1. The molecule has 0 saturated heterocycles. The standard InChI is InChI=1S/C12H16N2/c1-10(2)12-6-4-3-5-11(12)9-14-8-7-13/h3-6,10,14H,8-9H2,1-2H3. The molecule has 0 bridgehead atoms. The quantitative estimate of drug-likeness (QED) is 0.582. The van der Waals surface area contributed by atoms with Crippen LogP contribution in [0.2, 0.25) is 0 Å². The van der Waals surface area contributed by atoms with E-state index in [4.69, 9.17) is 5.26 Å². The van der Waals surface area contributed by atoms with Crippen LogP contribution in [-0.2, 0) is 6.54 Å². The fourth-order valence-corrected chi connectivity index (χ4v) is 1.51. The summed E-state index contributed by atoms with van der Waals surface area (Å²) in [4.78, 5) is 0. The van der Waals surface area contributed by atoms with Crippen LogP contribution in [0.3, 0.4) is 0 Å². The second-order valence-electron chi connectivity index (χ2n) is 3.62. The van der Waals surface area contributed by atoms with Gasteiger partial charge in [-0.1, -0.05) is 38.1 Å². The molecule has 0 radical (unpaired) electrons. The highest BCUT2D eigenvalue weighted by Crippen LogP contribution is 2.18. The van der Waals surface area contributed by atoms with Crippen LogP contribution in [0, 0.1) is 11.3 Å². The Balaban J connectivity index is 2.70. The predicted molar refractivity (Wildman–Crippen MR) is 57.9 cm³/mol. The molecule has 1 rings (SSSR count). The van der Waals surface area contributed by atoms with Gasteiger partial charge in [-0.05, 0) is 17.0 Å². The van der Waals surface area contributed by atoms with Gasteiger partial charge in [-0.3, -0.25) is 0 Å². The molecule has 14 heavy (non-hydrogen) atoms. The minimum Gasteiger partial charge on any atom is -0.300 e. The first kappa shape index (κ1) is 10.7. The summed E-state index contributed by atoms with van der Waals surface area (Å²) in [6.45, 7) is 5.56. The van der Waals surface area contributed by atoms with Gasteiger partial charge >= 0.3 is 0 Å². The van der Waals surface area contributed by atoms with Crippen LogP contribution in [0.5, 0.6) is 0 Å². The molecule has 1 N–H and O–H groups in total. The number of nitriles is 1.